The fraction of sp³-hybridized carbons (Fsp3) is 0.941. The summed E-state index contributed by atoms with van der Waals surface area (Å²) in [4.78, 5) is 11.9. The van der Waals surface area contributed by atoms with E-state index < -0.39 is 0 Å². The Labute approximate surface area is 113 Å². The summed E-state index contributed by atoms with van der Waals surface area (Å²) in [5.74, 6) is 0.891. The molecule has 0 aromatic carbocycles. The van der Waals surface area contributed by atoms with E-state index in [2.05, 4.69) is 6.92 Å². The first-order chi connectivity index (χ1) is 8.75. The van der Waals surface area contributed by atoms with E-state index in [0.29, 0.717) is 17.1 Å². The first kappa shape index (κ1) is 14.1. The zero-order valence-electron chi connectivity index (χ0n) is 12.2. The third kappa shape index (κ3) is 3.36. The molecule has 0 saturated heterocycles. The molecule has 2 rings (SSSR count). The lowest BCUT2D eigenvalue weighted by atomic mass is 9.71. The number of hydrogen-bond donors (Lipinski definition) is 0. The summed E-state index contributed by atoms with van der Waals surface area (Å²) >= 11 is 0. The Morgan fingerprint density at radius 1 is 0.778 bits per heavy atom. The van der Waals surface area contributed by atoms with Gasteiger partial charge in [-0.25, -0.2) is 0 Å². The Morgan fingerprint density at radius 3 is 1.61 bits per heavy atom. The van der Waals surface area contributed by atoms with Crippen molar-refractivity contribution in [3.05, 3.63) is 0 Å². The lowest BCUT2D eigenvalue weighted by molar-refractivity contribution is -0.122. The quantitative estimate of drug-likeness (QED) is 0.572. The molecule has 1 heteroatoms. The molecule has 2 saturated carbocycles. The smallest absolute Gasteiger partial charge is 0.136 e. The molecule has 2 aliphatic carbocycles. The monoisotopic (exact) mass is 250 g/mol. The number of rotatable bonds is 0. The van der Waals surface area contributed by atoms with Crippen LogP contribution in [-0.2, 0) is 4.79 Å². The fourth-order valence-electron chi connectivity index (χ4n) is 4.15. The predicted molar refractivity (Wildman–Crippen MR) is 76.6 cm³/mol. The van der Waals surface area contributed by atoms with Gasteiger partial charge in [0.1, 0.15) is 5.78 Å². The molecule has 1 unspecified atom stereocenters. The Hall–Kier alpha value is -0.330. The minimum absolute atomic E-state index is 0.348. The second kappa shape index (κ2) is 6.73. The average Bonchev–Trinajstić information content (AvgIpc) is 2.63. The van der Waals surface area contributed by atoms with Crippen LogP contribution in [0.25, 0.3) is 0 Å². The van der Waals surface area contributed by atoms with Crippen LogP contribution in [0.2, 0.25) is 0 Å². The van der Waals surface area contributed by atoms with Crippen LogP contribution < -0.4 is 0 Å². The fourth-order valence-corrected chi connectivity index (χ4v) is 4.15. The molecule has 0 bridgehead atoms. The van der Waals surface area contributed by atoms with Crippen LogP contribution in [-0.4, -0.2) is 5.78 Å². The van der Waals surface area contributed by atoms with Crippen LogP contribution in [0.4, 0.5) is 0 Å². The number of carbonyl (C=O) groups excluding carboxylic acids is 1. The molecule has 104 valence electrons. The topological polar surface area (TPSA) is 17.1 Å². The summed E-state index contributed by atoms with van der Waals surface area (Å²) in [6.45, 7) is 2.21. The highest BCUT2D eigenvalue weighted by Gasteiger charge is 2.43. The average molecular weight is 250 g/mol. The van der Waals surface area contributed by atoms with Crippen molar-refractivity contribution in [1.82, 2.24) is 0 Å². The van der Waals surface area contributed by atoms with Crippen LogP contribution in [0.15, 0.2) is 0 Å². The minimum atomic E-state index is 0.348. The van der Waals surface area contributed by atoms with Crippen molar-refractivity contribution in [1.29, 1.82) is 0 Å². The zero-order valence-corrected chi connectivity index (χ0v) is 12.2. The van der Waals surface area contributed by atoms with E-state index >= 15 is 0 Å². The third-order valence-corrected chi connectivity index (χ3v) is 5.62. The Morgan fingerprint density at radius 2 is 1.22 bits per heavy atom. The van der Waals surface area contributed by atoms with Gasteiger partial charge in [-0.05, 0) is 24.7 Å². The highest BCUT2D eigenvalue weighted by molar-refractivity contribution is 5.83. The van der Waals surface area contributed by atoms with Crippen molar-refractivity contribution >= 4 is 5.78 Å². The largest absolute Gasteiger partial charge is 0.299 e. The van der Waals surface area contributed by atoms with Crippen LogP contribution in [0, 0.1) is 11.3 Å². The van der Waals surface area contributed by atoms with Crippen LogP contribution in [0.3, 0.4) is 0 Å². The second-order valence-corrected chi connectivity index (χ2v) is 6.73. The van der Waals surface area contributed by atoms with E-state index in [-0.39, 0.29) is 0 Å². The number of carbonyl (C=O) groups is 1. The van der Waals surface area contributed by atoms with Gasteiger partial charge in [0.05, 0.1) is 0 Å². The van der Waals surface area contributed by atoms with Crippen molar-refractivity contribution in [3.63, 3.8) is 0 Å². The van der Waals surface area contributed by atoms with Gasteiger partial charge in [0.15, 0.2) is 0 Å². The molecule has 0 aromatic rings. The van der Waals surface area contributed by atoms with Gasteiger partial charge in [0.2, 0.25) is 0 Å². The highest BCUT2D eigenvalue weighted by atomic mass is 16.1. The van der Waals surface area contributed by atoms with E-state index in [0.717, 1.165) is 6.42 Å². The number of ketones is 1. The molecule has 0 N–H and O–H groups in total. The number of hydrogen-bond acceptors (Lipinski definition) is 1. The van der Waals surface area contributed by atoms with E-state index in [1.54, 1.807) is 0 Å². The molecule has 18 heavy (non-hydrogen) atoms. The summed E-state index contributed by atoms with van der Waals surface area (Å²) in [6, 6.07) is 0. The molecular weight excluding hydrogens is 220 g/mol. The van der Waals surface area contributed by atoms with Gasteiger partial charge in [0, 0.05) is 12.3 Å². The zero-order chi connectivity index (χ0) is 12.8. The lowest BCUT2D eigenvalue weighted by Gasteiger charge is -2.33. The first-order valence-electron chi connectivity index (χ1n) is 8.27. The van der Waals surface area contributed by atoms with E-state index in [4.69, 9.17) is 0 Å². The molecule has 0 aliphatic heterocycles. The summed E-state index contributed by atoms with van der Waals surface area (Å²) in [7, 11) is 0. The van der Waals surface area contributed by atoms with Gasteiger partial charge in [-0.1, -0.05) is 64.7 Å². The molecular formula is C17H30O. The molecule has 2 aliphatic rings. The van der Waals surface area contributed by atoms with Crippen molar-refractivity contribution < 1.29 is 4.79 Å². The van der Waals surface area contributed by atoms with Crippen LogP contribution in [0.5, 0.6) is 0 Å². The summed E-state index contributed by atoms with van der Waals surface area (Å²) in [5, 5.41) is 0. The van der Waals surface area contributed by atoms with Gasteiger partial charge in [-0.3, -0.25) is 4.79 Å². The highest BCUT2D eigenvalue weighted by Crippen LogP contribution is 2.48. The molecule has 0 aromatic heterocycles. The maximum absolute atomic E-state index is 11.9. The molecule has 1 atom stereocenters. The van der Waals surface area contributed by atoms with Crippen LogP contribution >= 0.6 is 0 Å². The molecule has 0 radical (unpaired) electrons. The van der Waals surface area contributed by atoms with Crippen molar-refractivity contribution in [2.75, 3.05) is 0 Å². The van der Waals surface area contributed by atoms with Gasteiger partial charge < -0.3 is 0 Å². The summed E-state index contributed by atoms with van der Waals surface area (Å²) in [5.41, 5.74) is 0.399. The van der Waals surface area contributed by atoms with Gasteiger partial charge in [-0.2, -0.15) is 0 Å². The second-order valence-electron chi connectivity index (χ2n) is 6.73. The Bertz CT molecular complexity index is 257. The molecule has 1 spiro atoms. The number of Topliss-reactive ketones (excluding diaryl/α,β-unsaturated/α-hetero) is 1. The van der Waals surface area contributed by atoms with E-state index in [9.17, 15) is 4.79 Å². The Kier molecular flexibility index (Phi) is 5.26. The predicted octanol–water partition coefficient (Wildman–Crippen LogP) is 5.28. The Balaban J connectivity index is 1.95. The van der Waals surface area contributed by atoms with Gasteiger partial charge in [-0.15, -0.1) is 0 Å². The van der Waals surface area contributed by atoms with E-state index in [1.807, 2.05) is 0 Å². The summed E-state index contributed by atoms with van der Waals surface area (Å²) in [6.07, 6.45) is 17.3. The van der Waals surface area contributed by atoms with Crippen LogP contribution in [0.1, 0.15) is 90.4 Å². The molecule has 2 fully saturated rings. The van der Waals surface area contributed by atoms with Crippen molar-refractivity contribution in [2.24, 2.45) is 11.3 Å². The third-order valence-electron chi connectivity index (χ3n) is 5.62. The maximum atomic E-state index is 11.9. The lowest BCUT2D eigenvalue weighted by Crippen LogP contribution is -2.26. The van der Waals surface area contributed by atoms with Gasteiger partial charge in [0.25, 0.3) is 0 Å². The van der Waals surface area contributed by atoms with E-state index in [1.165, 1.54) is 77.0 Å². The standard InChI is InChI=1S/C17H30O/c1-15-16(18)11-14-17(15)12-9-7-5-3-2-4-6-8-10-13-17/h15H,2-14H2,1H3. The maximum Gasteiger partial charge on any atom is 0.136 e. The minimum Gasteiger partial charge on any atom is -0.299 e. The van der Waals surface area contributed by atoms with Gasteiger partial charge >= 0.3 is 0 Å². The summed E-state index contributed by atoms with van der Waals surface area (Å²) < 4.78 is 0. The molecule has 1 nitrogen and oxygen atoms in total. The molecule has 0 amide bonds. The van der Waals surface area contributed by atoms with Crippen molar-refractivity contribution in [3.8, 4) is 0 Å². The first-order valence-corrected chi connectivity index (χ1v) is 8.27. The molecule has 0 heterocycles. The van der Waals surface area contributed by atoms with Crippen molar-refractivity contribution in [2.45, 2.75) is 90.4 Å². The normalized spacial score (nSPS) is 30.9. The SMILES string of the molecule is CC1C(=O)CCC12CCCCCCCCCCC2.